The minimum atomic E-state index is -0.754. The van der Waals surface area contributed by atoms with Gasteiger partial charge in [-0.15, -0.1) is 0 Å². The summed E-state index contributed by atoms with van der Waals surface area (Å²) in [4.78, 5) is 35.8. The van der Waals surface area contributed by atoms with Crippen molar-refractivity contribution in [1.82, 2.24) is 5.32 Å². The van der Waals surface area contributed by atoms with Gasteiger partial charge in [0.15, 0.2) is 11.6 Å². The Morgan fingerprint density at radius 3 is 2.47 bits per heavy atom. The number of dihydropyridines is 1. The summed E-state index contributed by atoms with van der Waals surface area (Å²) in [6.07, 6.45) is 0. The Balaban J connectivity index is 1.99. The third-order valence-electron chi connectivity index (χ3n) is 5.16. The van der Waals surface area contributed by atoms with Gasteiger partial charge in [-0.25, -0.2) is 0 Å². The van der Waals surface area contributed by atoms with Crippen LogP contribution in [0.4, 0.5) is 5.69 Å². The molecule has 8 heteroatoms. The van der Waals surface area contributed by atoms with Crippen molar-refractivity contribution < 1.29 is 14.5 Å². The second-order valence-corrected chi connectivity index (χ2v) is 8.42. The normalized spacial score (nSPS) is 15.8. The number of nitrogens with one attached hydrogen (secondary N) is 1. The summed E-state index contributed by atoms with van der Waals surface area (Å²) in [6, 6.07) is 15.3. The maximum atomic E-state index is 12.6. The highest BCUT2D eigenvalue weighted by Gasteiger charge is 2.34. The number of non-ortho nitro benzene ring substituents is 1. The van der Waals surface area contributed by atoms with Crippen LogP contribution in [0.5, 0.6) is 0 Å². The summed E-state index contributed by atoms with van der Waals surface area (Å²) in [7, 11) is 0. The molecule has 2 aromatic carbocycles. The van der Waals surface area contributed by atoms with Crippen molar-refractivity contribution in [3.8, 4) is 6.07 Å². The van der Waals surface area contributed by atoms with Crippen molar-refractivity contribution >= 4 is 29.0 Å². The lowest BCUT2D eigenvalue weighted by Crippen LogP contribution is -2.27. The van der Waals surface area contributed by atoms with Crippen LogP contribution >= 0.6 is 11.8 Å². The van der Waals surface area contributed by atoms with Gasteiger partial charge in [-0.05, 0) is 26.3 Å². The van der Waals surface area contributed by atoms with Crippen LogP contribution in [0.1, 0.15) is 41.3 Å². The standard InChI is InChI=1S/C24H21N3O4S/c1-14-7-9-17(10-8-14)21(29)13-32-24-20(12-25)23(22(16(3)28)15(2)26-24)18-5-4-6-19(11-18)27(30)31/h4-11,23,26H,13H2,1-3H3/t23-/m0/s1. The monoisotopic (exact) mass is 447 g/mol. The van der Waals surface area contributed by atoms with Gasteiger partial charge in [0.25, 0.3) is 5.69 Å². The summed E-state index contributed by atoms with van der Waals surface area (Å²) in [6.45, 7) is 5.06. The Morgan fingerprint density at radius 1 is 1.19 bits per heavy atom. The molecule has 1 aliphatic heterocycles. The van der Waals surface area contributed by atoms with Gasteiger partial charge in [0, 0.05) is 29.0 Å². The molecule has 0 aromatic heterocycles. The van der Waals surface area contributed by atoms with E-state index in [9.17, 15) is 25.0 Å². The van der Waals surface area contributed by atoms with E-state index < -0.39 is 10.8 Å². The highest BCUT2D eigenvalue weighted by atomic mass is 32.2. The maximum Gasteiger partial charge on any atom is 0.269 e. The minimum Gasteiger partial charge on any atom is -0.353 e. The molecule has 32 heavy (non-hydrogen) atoms. The van der Waals surface area contributed by atoms with Crippen LogP contribution < -0.4 is 5.32 Å². The molecule has 0 unspecified atom stereocenters. The molecule has 0 spiro atoms. The van der Waals surface area contributed by atoms with E-state index in [1.807, 2.05) is 19.1 Å². The predicted octanol–water partition coefficient (Wildman–Crippen LogP) is 4.80. The Bertz CT molecular complexity index is 1210. The molecular formula is C24H21N3O4S. The molecule has 7 nitrogen and oxygen atoms in total. The number of benzene rings is 2. The first kappa shape index (κ1) is 23.0. The Kier molecular flexibility index (Phi) is 6.91. The van der Waals surface area contributed by atoms with E-state index in [-0.39, 0.29) is 28.6 Å². The first-order valence-electron chi connectivity index (χ1n) is 9.83. The van der Waals surface area contributed by atoms with Crippen LogP contribution in [0.25, 0.3) is 0 Å². The average molecular weight is 448 g/mol. The Morgan fingerprint density at radius 2 is 1.88 bits per heavy atom. The predicted molar refractivity (Wildman–Crippen MR) is 123 cm³/mol. The van der Waals surface area contributed by atoms with Crippen molar-refractivity contribution in [1.29, 1.82) is 5.26 Å². The molecule has 0 aliphatic carbocycles. The average Bonchev–Trinajstić information content (AvgIpc) is 2.77. The number of hydrogen-bond acceptors (Lipinski definition) is 7. The Hall–Kier alpha value is -3.70. The number of aryl methyl sites for hydroxylation is 1. The number of hydrogen-bond donors (Lipinski definition) is 1. The highest BCUT2D eigenvalue weighted by Crippen LogP contribution is 2.41. The topological polar surface area (TPSA) is 113 Å². The fourth-order valence-electron chi connectivity index (χ4n) is 3.61. The fraction of sp³-hybridized carbons (Fsp3) is 0.208. The van der Waals surface area contributed by atoms with Crippen molar-refractivity contribution in [2.45, 2.75) is 26.7 Å². The molecule has 0 amide bonds. The lowest BCUT2D eigenvalue weighted by Gasteiger charge is -2.29. The first-order chi connectivity index (χ1) is 15.2. The number of nitriles is 1. The van der Waals surface area contributed by atoms with Crippen molar-refractivity contribution in [2.24, 2.45) is 0 Å². The SMILES string of the molecule is CC(=O)C1=C(C)NC(SCC(=O)c2ccc(C)cc2)=C(C#N)[C@@H]1c1cccc([N+](=O)[O-])c1. The van der Waals surface area contributed by atoms with E-state index in [2.05, 4.69) is 11.4 Å². The largest absolute Gasteiger partial charge is 0.353 e. The summed E-state index contributed by atoms with van der Waals surface area (Å²) < 4.78 is 0. The molecule has 0 saturated heterocycles. The third-order valence-corrected chi connectivity index (χ3v) is 6.18. The first-order valence-corrected chi connectivity index (χ1v) is 10.8. The van der Waals surface area contributed by atoms with Gasteiger partial charge in [-0.1, -0.05) is 53.7 Å². The van der Waals surface area contributed by atoms with Gasteiger partial charge in [-0.2, -0.15) is 5.26 Å². The van der Waals surface area contributed by atoms with Crippen LogP contribution in [-0.4, -0.2) is 22.2 Å². The molecule has 1 aliphatic rings. The van der Waals surface area contributed by atoms with Gasteiger partial charge in [0.05, 0.1) is 33.3 Å². The molecule has 0 radical (unpaired) electrons. The van der Waals surface area contributed by atoms with Crippen LogP contribution in [-0.2, 0) is 4.79 Å². The van der Waals surface area contributed by atoms with Gasteiger partial charge < -0.3 is 5.32 Å². The lowest BCUT2D eigenvalue weighted by molar-refractivity contribution is -0.384. The third kappa shape index (κ3) is 4.79. The lowest BCUT2D eigenvalue weighted by atomic mass is 9.81. The second-order valence-electron chi connectivity index (χ2n) is 7.44. The number of Topliss-reactive ketones (excluding diaryl/α,β-unsaturated/α-hetero) is 2. The molecule has 0 bridgehead atoms. The van der Waals surface area contributed by atoms with Crippen LogP contribution in [0, 0.1) is 28.4 Å². The van der Waals surface area contributed by atoms with E-state index in [1.165, 1.54) is 36.9 Å². The molecule has 162 valence electrons. The highest BCUT2D eigenvalue weighted by molar-refractivity contribution is 8.03. The van der Waals surface area contributed by atoms with Crippen LogP contribution in [0.3, 0.4) is 0 Å². The number of nitro benzene ring substituents is 1. The number of allylic oxidation sites excluding steroid dienone is 3. The second kappa shape index (κ2) is 9.62. The summed E-state index contributed by atoms with van der Waals surface area (Å²) in [5.41, 5.74) is 3.16. The Labute approximate surface area is 190 Å². The minimum absolute atomic E-state index is 0.0903. The number of rotatable bonds is 7. The molecular weight excluding hydrogens is 426 g/mol. The van der Waals surface area contributed by atoms with Crippen molar-refractivity contribution in [3.05, 3.63) is 97.2 Å². The zero-order chi connectivity index (χ0) is 23.4. The number of carbonyl (C=O) groups is 2. The fourth-order valence-corrected chi connectivity index (χ4v) is 4.59. The van der Waals surface area contributed by atoms with Gasteiger partial charge in [0.1, 0.15) is 0 Å². The van der Waals surface area contributed by atoms with Gasteiger partial charge in [-0.3, -0.25) is 19.7 Å². The van der Waals surface area contributed by atoms with E-state index in [1.54, 1.807) is 25.1 Å². The van der Waals surface area contributed by atoms with Gasteiger partial charge >= 0.3 is 0 Å². The molecule has 1 N–H and O–H groups in total. The van der Waals surface area contributed by atoms with Crippen LogP contribution in [0.15, 0.2) is 70.4 Å². The zero-order valence-electron chi connectivity index (χ0n) is 17.8. The van der Waals surface area contributed by atoms with Gasteiger partial charge in [0.2, 0.25) is 0 Å². The number of ketones is 2. The van der Waals surface area contributed by atoms with Crippen molar-refractivity contribution in [3.63, 3.8) is 0 Å². The smallest absolute Gasteiger partial charge is 0.269 e. The maximum absolute atomic E-state index is 12.6. The molecule has 1 atom stereocenters. The van der Waals surface area contributed by atoms with Crippen molar-refractivity contribution in [2.75, 3.05) is 5.75 Å². The summed E-state index contributed by atoms with van der Waals surface area (Å²) in [5.74, 6) is -0.983. The quantitative estimate of drug-likeness (QED) is 0.368. The van der Waals surface area contributed by atoms with Crippen LogP contribution in [0.2, 0.25) is 0 Å². The van der Waals surface area contributed by atoms with E-state index in [4.69, 9.17) is 0 Å². The summed E-state index contributed by atoms with van der Waals surface area (Å²) in [5, 5.41) is 24.8. The molecule has 3 rings (SSSR count). The number of carbonyl (C=O) groups excluding carboxylic acids is 2. The number of nitrogens with zero attached hydrogens (tertiary/aromatic N) is 2. The molecule has 0 saturated carbocycles. The molecule has 0 fully saturated rings. The van der Waals surface area contributed by atoms with E-state index in [0.717, 1.165) is 5.56 Å². The summed E-state index contributed by atoms with van der Waals surface area (Å²) >= 11 is 1.18. The number of thioether (sulfide) groups is 1. The molecule has 1 heterocycles. The van der Waals surface area contributed by atoms with E-state index >= 15 is 0 Å². The number of nitro groups is 1. The molecule has 2 aromatic rings. The zero-order valence-corrected chi connectivity index (χ0v) is 18.7. The van der Waals surface area contributed by atoms with E-state index in [0.29, 0.717) is 27.4 Å².